The van der Waals surface area contributed by atoms with Crippen molar-refractivity contribution in [3.05, 3.63) is 29.8 Å². The number of hydrogen-bond acceptors (Lipinski definition) is 3. The molecule has 1 N–H and O–H groups in total. The largest absolute Gasteiger partial charge is 0.349 e. The molecule has 0 aliphatic rings. The molecule has 0 aliphatic heterocycles. The first-order valence-corrected chi connectivity index (χ1v) is 8.10. The molecule has 0 unspecified atom stereocenters. The zero-order valence-electron chi connectivity index (χ0n) is 12.4. The highest BCUT2D eigenvalue weighted by molar-refractivity contribution is 7.89. The molecule has 0 saturated heterocycles. The second-order valence-electron chi connectivity index (χ2n) is 4.80. The first-order valence-electron chi connectivity index (χ1n) is 6.66. The van der Waals surface area contributed by atoms with Crippen LogP contribution in [0.5, 0.6) is 0 Å². The van der Waals surface area contributed by atoms with Crippen LogP contribution in [0.4, 0.5) is 0 Å². The Bertz CT molecular complexity index is 564. The van der Waals surface area contributed by atoms with Crippen molar-refractivity contribution < 1.29 is 13.2 Å². The maximum Gasteiger partial charge on any atom is 0.251 e. The molecule has 0 saturated carbocycles. The fourth-order valence-corrected chi connectivity index (χ4v) is 2.72. The predicted octanol–water partition coefficient (Wildman–Crippen LogP) is 1.86. The molecule has 0 aromatic heterocycles. The molecule has 0 radical (unpaired) electrons. The van der Waals surface area contributed by atoms with Crippen molar-refractivity contribution in [2.75, 3.05) is 14.1 Å². The van der Waals surface area contributed by atoms with Crippen molar-refractivity contribution in [1.82, 2.24) is 9.62 Å². The third-order valence-corrected chi connectivity index (χ3v) is 5.01. The first kappa shape index (κ1) is 16.7. The fraction of sp³-hybridized carbons (Fsp3) is 0.500. The molecule has 0 heterocycles. The molecule has 1 aromatic carbocycles. The van der Waals surface area contributed by atoms with E-state index in [4.69, 9.17) is 0 Å². The number of nitrogens with one attached hydrogen (secondary N) is 1. The summed E-state index contributed by atoms with van der Waals surface area (Å²) >= 11 is 0. The Kier molecular flexibility index (Phi) is 5.71. The predicted molar refractivity (Wildman–Crippen MR) is 79.2 cm³/mol. The Hall–Kier alpha value is -1.40. The Labute approximate surface area is 121 Å². The van der Waals surface area contributed by atoms with Gasteiger partial charge in [-0.05, 0) is 31.0 Å². The summed E-state index contributed by atoms with van der Waals surface area (Å²) in [5, 5.41) is 2.89. The minimum Gasteiger partial charge on any atom is -0.349 e. The van der Waals surface area contributed by atoms with Gasteiger partial charge < -0.3 is 5.32 Å². The van der Waals surface area contributed by atoms with Gasteiger partial charge in [0.2, 0.25) is 10.0 Å². The average molecular weight is 298 g/mol. The fourth-order valence-electron chi connectivity index (χ4n) is 1.77. The smallest absolute Gasteiger partial charge is 0.251 e. The van der Waals surface area contributed by atoms with E-state index in [0.717, 1.165) is 17.1 Å². The highest BCUT2D eigenvalue weighted by Crippen LogP contribution is 2.15. The third kappa shape index (κ3) is 3.80. The lowest BCUT2D eigenvalue weighted by Gasteiger charge is -2.16. The van der Waals surface area contributed by atoms with Crippen LogP contribution in [0, 0.1) is 0 Å². The quantitative estimate of drug-likeness (QED) is 0.871. The van der Waals surface area contributed by atoms with Crippen molar-refractivity contribution in [3.63, 3.8) is 0 Å². The van der Waals surface area contributed by atoms with Crippen molar-refractivity contribution >= 4 is 15.9 Å². The van der Waals surface area contributed by atoms with Crippen molar-refractivity contribution in [2.24, 2.45) is 0 Å². The van der Waals surface area contributed by atoms with Crippen LogP contribution in [0.15, 0.2) is 29.2 Å². The van der Waals surface area contributed by atoms with Gasteiger partial charge in [-0.15, -0.1) is 0 Å². The lowest BCUT2D eigenvalue weighted by atomic mass is 10.1. The van der Waals surface area contributed by atoms with Crippen LogP contribution in [0.2, 0.25) is 0 Å². The van der Waals surface area contributed by atoms with Gasteiger partial charge >= 0.3 is 0 Å². The summed E-state index contributed by atoms with van der Waals surface area (Å²) in [5.74, 6) is -0.241. The van der Waals surface area contributed by atoms with Crippen molar-refractivity contribution in [2.45, 2.75) is 37.6 Å². The van der Waals surface area contributed by atoms with Crippen LogP contribution in [0.1, 0.15) is 37.0 Å². The lowest BCUT2D eigenvalue weighted by Crippen LogP contribution is -2.34. The molecule has 0 bridgehead atoms. The van der Waals surface area contributed by atoms with Gasteiger partial charge in [-0.25, -0.2) is 12.7 Å². The summed E-state index contributed by atoms with van der Waals surface area (Å²) in [6.45, 7) is 4.00. The lowest BCUT2D eigenvalue weighted by molar-refractivity contribution is 0.0934. The molecule has 1 rings (SSSR count). The Morgan fingerprint density at radius 1 is 1.25 bits per heavy atom. The van der Waals surface area contributed by atoms with Gasteiger partial charge in [-0.3, -0.25) is 4.79 Å². The average Bonchev–Trinajstić information content (AvgIpc) is 2.44. The van der Waals surface area contributed by atoms with Gasteiger partial charge in [0.05, 0.1) is 4.90 Å². The number of nitrogens with zero attached hydrogens (tertiary/aromatic N) is 1. The summed E-state index contributed by atoms with van der Waals surface area (Å²) in [7, 11) is -0.590. The van der Waals surface area contributed by atoms with Gasteiger partial charge in [0.15, 0.2) is 0 Å². The van der Waals surface area contributed by atoms with Gasteiger partial charge in [0.1, 0.15) is 0 Å². The molecule has 1 amide bonds. The zero-order valence-corrected chi connectivity index (χ0v) is 13.2. The monoisotopic (exact) mass is 298 g/mol. The first-order chi connectivity index (χ1) is 9.32. The van der Waals surface area contributed by atoms with E-state index in [1.807, 2.05) is 13.8 Å². The number of hydrogen-bond donors (Lipinski definition) is 1. The van der Waals surface area contributed by atoms with Crippen molar-refractivity contribution in [3.8, 4) is 0 Å². The number of sulfonamides is 1. The summed E-state index contributed by atoms with van der Waals surface area (Å²) < 4.78 is 25.2. The van der Waals surface area contributed by atoms with Gasteiger partial charge in [0, 0.05) is 25.7 Å². The van der Waals surface area contributed by atoms with Crippen LogP contribution in [0.3, 0.4) is 0 Å². The SMILES string of the molecule is CCC(CC)NC(=O)c1cccc(S(=O)(=O)N(C)C)c1. The summed E-state index contributed by atoms with van der Waals surface area (Å²) in [6, 6.07) is 6.21. The molecule has 6 heteroatoms. The number of amides is 1. The second-order valence-corrected chi connectivity index (χ2v) is 6.95. The maximum atomic E-state index is 12.1. The van der Waals surface area contributed by atoms with E-state index in [9.17, 15) is 13.2 Å². The molecule has 0 fully saturated rings. The summed E-state index contributed by atoms with van der Waals surface area (Å²) in [6.07, 6.45) is 1.69. The number of carbonyl (C=O) groups excluding carboxylic acids is 1. The minimum atomic E-state index is -3.52. The zero-order chi connectivity index (χ0) is 15.3. The molecule has 0 spiro atoms. The normalized spacial score (nSPS) is 11.9. The van der Waals surface area contributed by atoms with E-state index < -0.39 is 10.0 Å². The second kappa shape index (κ2) is 6.85. The number of carbonyl (C=O) groups is 1. The van der Waals surface area contributed by atoms with E-state index in [-0.39, 0.29) is 16.8 Å². The van der Waals surface area contributed by atoms with Crippen LogP contribution >= 0.6 is 0 Å². The molecule has 0 aliphatic carbocycles. The number of rotatable bonds is 6. The molecular formula is C14H22N2O3S. The van der Waals surface area contributed by atoms with E-state index in [0.29, 0.717) is 5.56 Å². The van der Waals surface area contributed by atoms with Gasteiger partial charge in [-0.2, -0.15) is 0 Å². The highest BCUT2D eigenvalue weighted by Gasteiger charge is 2.19. The molecule has 0 atom stereocenters. The van der Waals surface area contributed by atoms with Crippen LogP contribution < -0.4 is 5.32 Å². The van der Waals surface area contributed by atoms with Crippen LogP contribution in [-0.4, -0.2) is 38.8 Å². The van der Waals surface area contributed by atoms with E-state index in [2.05, 4.69) is 5.32 Å². The summed E-state index contributed by atoms with van der Waals surface area (Å²) in [4.78, 5) is 12.2. The molecule has 20 heavy (non-hydrogen) atoms. The third-order valence-electron chi connectivity index (χ3n) is 3.20. The standard InChI is InChI=1S/C14H22N2O3S/c1-5-12(6-2)15-14(17)11-8-7-9-13(10-11)20(18,19)16(3)4/h7-10,12H,5-6H2,1-4H3,(H,15,17). The molecule has 5 nitrogen and oxygen atoms in total. The maximum absolute atomic E-state index is 12.1. The number of benzene rings is 1. The highest BCUT2D eigenvalue weighted by atomic mass is 32.2. The topological polar surface area (TPSA) is 66.5 Å². The van der Waals surface area contributed by atoms with E-state index >= 15 is 0 Å². The van der Waals surface area contributed by atoms with Crippen LogP contribution in [0.25, 0.3) is 0 Å². The van der Waals surface area contributed by atoms with Crippen LogP contribution in [-0.2, 0) is 10.0 Å². The minimum absolute atomic E-state index is 0.108. The Balaban J connectivity index is 3.02. The van der Waals surface area contributed by atoms with E-state index in [1.54, 1.807) is 12.1 Å². The molecule has 1 aromatic rings. The Morgan fingerprint density at radius 2 is 1.85 bits per heavy atom. The van der Waals surface area contributed by atoms with E-state index in [1.165, 1.54) is 26.2 Å². The van der Waals surface area contributed by atoms with Crippen molar-refractivity contribution in [1.29, 1.82) is 0 Å². The summed E-state index contributed by atoms with van der Waals surface area (Å²) in [5.41, 5.74) is 0.361. The van der Waals surface area contributed by atoms with Gasteiger partial charge in [0.25, 0.3) is 5.91 Å². The van der Waals surface area contributed by atoms with Gasteiger partial charge in [-0.1, -0.05) is 19.9 Å². The molecule has 112 valence electrons. The molecular weight excluding hydrogens is 276 g/mol. The Morgan fingerprint density at radius 3 is 2.35 bits per heavy atom.